The second-order valence-electron chi connectivity index (χ2n) is 17.2. The fraction of sp³-hybridized carbons (Fsp3) is 0.600. The first-order valence-corrected chi connectivity index (χ1v) is 21.7. The van der Waals surface area contributed by atoms with Gasteiger partial charge in [0.1, 0.15) is 23.7 Å². The Balaban J connectivity index is 1.35. The number of hydrazone groups is 1. The van der Waals surface area contributed by atoms with Crippen molar-refractivity contribution >= 4 is 35.4 Å². The summed E-state index contributed by atoms with van der Waals surface area (Å²) < 4.78 is 16.6. The minimum Gasteiger partial charge on any atom is -0.379 e. The SMILES string of the molecule is CC(C)C[C@H](NC(=O)[C@H](CCc1ccccc1)NC(=O)CN1CCOCC1)C(=O)N[C@@H](Cc1ccccc1)C(=O)N[C@@H](CC(C)C)/C(=N/NC(=O)N1CCOCC1)[C@@]1(C)CO1. The molecular weight excluding hydrogens is 781 g/mol. The van der Waals surface area contributed by atoms with Crippen LogP contribution in [0.5, 0.6) is 0 Å². The highest BCUT2D eigenvalue weighted by atomic mass is 16.6. The van der Waals surface area contributed by atoms with Crippen LogP contribution >= 0.6 is 0 Å². The molecule has 0 saturated carbocycles. The van der Waals surface area contributed by atoms with E-state index < -0.39 is 47.5 Å². The maximum atomic E-state index is 14.5. The van der Waals surface area contributed by atoms with Gasteiger partial charge < -0.3 is 40.4 Å². The zero-order valence-corrected chi connectivity index (χ0v) is 36.5. The van der Waals surface area contributed by atoms with Crippen molar-refractivity contribution in [3.8, 4) is 0 Å². The van der Waals surface area contributed by atoms with Crippen LogP contribution in [0.3, 0.4) is 0 Å². The summed E-state index contributed by atoms with van der Waals surface area (Å²) >= 11 is 0. The predicted octanol–water partition coefficient (Wildman–Crippen LogP) is 2.41. The Labute approximate surface area is 360 Å². The van der Waals surface area contributed by atoms with Crippen LogP contribution in [0.15, 0.2) is 65.8 Å². The molecule has 0 spiro atoms. The Morgan fingerprint density at radius 2 is 1.18 bits per heavy atom. The largest absolute Gasteiger partial charge is 0.379 e. The van der Waals surface area contributed by atoms with Gasteiger partial charge in [0.15, 0.2) is 0 Å². The van der Waals surface area contributed by atoms with Crippen LogP contribution in [-0.2, 0) is 46.2 Å². The van der Waals surface area contributed by atoms with E-state index in [1.54, 1.807) is 4.90 Å². The number of hydrogen-bond acceptors (Lipinski definition) is 10. The van der Waals surface area contributed by atoms with Gasteiger partial charge in [0.25, 0.3) is 0 Å². The number of morpholine rings is 2. The molecule has 0 bridgehead atoms. The van der Waals surface area contributed by atoms with E-state index in [0.717, 1.165) is 11.1 Å². The molecule has 2 aromatic rings. The molecule has 0 aliphatic carbocycles. The van der Waals surface area contributed by atoms with Gasteiger partial charge in [0, 0.05) is 32.6 Å². The smallest absolute Gasteiger partial charge is 0.337 e. The molecule has 61 heavy (non-hydrogen) atoms. The number of aryl methyl sites for hydroxylation is 1. The van der Waals surface area contributed by atoms with Crippen LogP contribution in [0.25, 0.3) is 0 Å². The van der Waals surface area contributed by atoms with Gasteiger partial charge in [-0.1, -0.05) is 88.4 Å². The maximum Gasteiger partial charge on any atom is 0.337 e. The summed E-state index contributed by atoms with van der Waals surface area (Å²) in [7, 11) is 0. The van der Waals surface area contributed by atoms with E-state index in [0.29, 0.717) is 84.2 Å². The summed E-state index contributed by atoms with van der Waals surface area (Å²) in [5.74, 6) is -1.63. The Hall–Kier alpha value is -4.90. The van der Waals surface area contributed by atoms with Gasteiger partial charge in [0.05, 0.1) is 51.3 Å². The van der Waals surface area contributed by atoms with Gasteiger partial charge >= 0.3 is 6.03 Å². The lowest BCUT2D eigenvalue weighted by molar-refractivity contribution is -0.134. The van der Waals surface area contributed by atoms with Crippen LogP contribution < -0.4 is 26.7 Å². The van der Waals surface area contributed by atoms with Crippen molar-refractivity contribution in [3.05, 3.63) is 71.8 Å². The van der Waals surface area contributed by atoms with Crippen molar-refractivity contribution in [2.45, 2.75) is 96.5 Å². The molecule has 3 aliphatic heterocycles. The fourth-order valence-corrected chi connectivity index (χ4v) is 7.48. The molecule has 0 unspecified atom stereocenters. The molecule has 334 valence electrons. The summed E-state index contributed by atoms with van der Waals surface area (Å²) in [6, 6.07) is 15.1. The monoisotopic (exact) mass is 847 g/mol. The van der Waals surface area contributed by atoms with Gasteiger partial charge in [0.2, 0.25) is 23.6 Å². The van der Waals surface area contributed by atoms with E-state index in [-0.39, 0.29) is 43.2 Å². The molecule has 6 amide bonds. The van der Waals surface area contributed by atoms with Crippen LogP contribution in [0.4, 0.5) is 4.79 Å². The first-order valence-electron chi connectivity index (χ1n) is 21.7. The van der Waals surface area contributed by atoms with Gasteiger partial charge in [-0.05, 0) is 55.6 Å². The van der Waals surface area contributed by atoms with Crippen LogP contribution in [0.1, 0.15) is 65.0 Å². The lowest BCUT2D eigenvalue weighted by Gasteiger charge is -2.30. The van der Waals surface area contributed by atoms with Crippen molar-refractivity contribution in [1.29, 1.82) is 0 Å². The quantitative estimate of drug-likeness (QED) is 0.0713. The van der Waals surface area contributed by atoms with E-state index in [2.05, 4.69) is 31.8 Å². The normalized spacial score (nSPS) is 20.2. The number of amides is 6. The van der Waals surface area contributed by atoms with Gasteiger partial charge in [-0.2, -0.15) is 5.10 Å². The molecule has 0 aromatic heterocycles. The van der Waals surface area contributed by atoms with Crippen molar-refractivity contribution in [3.63, 3.8) is 0 Å². The van der Waals surface area contributed by atoms with E-state index in [1.165, 1.54) is 0 Å². The minimum atomic E-state index is -1.05. The second-order valence-corrected chi connectivity index (χ2v) is 17.2. The Morgan fingerprint density at radius 1 is 0.672 bits per heavy atom. The number of urea groups is 1. The number of rotatable bonds is 21. The van der Waals surface area contributed by atoms with E-state index in [1.807, 2.05) is 100 Å². The number of benzene rings is 2. The summed E-state index contributed by atoms with van der Waals surface area (Å²) in [5.41, 5.74) is 4.19. The Bertz CT molecular complexity index is 1760. The predicted molar refractivity (Wildman–Crippen MR) is 232 cm³/mol. The van der Waals surface area contributed by atoms with Crippen LogP contribution in [0.2, 0.25) is 0 Å². The topological polar surface area (TPSA) is 195 Å². The van der Waals surface area contributed by atoms with Gasteiger partial charge in [-0.25, -0.2) is 10.2 Å². The molecule has 3 aliphatic rings. The van der Waals surface area contributed by atoms with E-state index >= 15 is 0 Å². The molecule has 16 heteroatoms. The number of carbonyl (C=O) groups excluding carboxylic acids is 5. The average Bonchev–Trinajstić information content (AvgIpc) is 3.99. The molecule has 2 aromatic carbocycles. The second kappa shape index (κ2) is 23.4. The Kier molecular flexibility index (Phi) is 18.1. The summed E-state index contributed by atoms with van der Waals surface area (Å²) in [4.78, 5) is 73.0. The van der Waals surface area contributed by atoms with Gasteiger partial charge in [-0.3, -0.25) is 24.1 Å². The van der Waals surface area contributed by atoms with Crippen molar-refractivity contribution in [1.82, 2.24) is 36.5 Å². The summed E-state index contributed by atoms with van der Waals surface area (Å²) in [6.07, 6.45) is 1.78. The molecule has 3 saturated heterocycles. The molecule has 5 N–H and O–H groups in total. The average molecular weight is 847 g/mol. The number of carbonyl (C=O) groups is 5. The summed E-state index contributed by atoms with van der Waals surface area (Å²) in [6.45, 7) is 14.4. The number of nitrogens with zero attached hydrogens (tertiary/aromatic N) is 3. The number of epoxide rings is 1. The zero-order chi connectivity index (χ0) is 43.8. The third-order valence-corrected chi connectivity index (χ3v) is 11.0. The maximum absolute atomic E-state index is 14.5. The summed E-state index contributed by atoms with van der Waals surface area (Å²) in [5, 5.41) is 16.6. The lowest BCUT2D eigenvalue weighted by Crippen LogP contribution is -2.59. The molecule has 3 heterocycles. The Morgan fingerprint density at radius 3 is 1.77 bits per heavy atom. The molecule has 16 nitrogen and oxygen atoms in total. The van der Waals surface area contributed by atoms with E-state index in [4.69, 9.17) is 14.2 Å². The fourth-order valence-electron chi connectivity index (χ4n) is 7.48. The first-order chi connectivity index (χ1) is 29.3. The highest BCUT2D eigenvalue weighted by Crippen LogP contribution is 2.31. The van der Waals surface area contributed by atoms with Crippen molar-refractivity contribution in [2.75, 3.05) is 65.8 Å². The standard InChI is InChI=1S/C45H66N8O8/c1-31(2)26-36(40(45(5)30-61-45)50-51-44(58)53-20-24-60-25-21-53)47-43(57)38(28-34-14-10-7-11-15-34)49-42(56)37(27-32(3)4)48-41(55)35(17-16-33-12-8-6-9-13-33)46-39(54)29-52-18-22-59-23-19-52/h6-15,31-32,35-38H,16-30H2,1-5H3,(H,46,54)(H,47,57)(H,48,55)(H,49,56)(H,51,58)/b50-40-/t35-,36-,37-,38-,45+/m0/s1. The van der Waals surface area contributed by atoms with Crippen LogP contribution in [0, 0.1) is 11.8 Å². The molecule has 5 atom stereocenters. The molecular formula is C45H66N8O8. The minimum absolute atomic E-state index is 0.00252. The third-order valence-electron chi connectivity index (χ3n) is 11.0. The lowest BCUT2D eigenvalue weighted by atomic mass is 9.92. The number of nitrogens with one attached hydrogen (secondary N) is 5. The zero-order valence-electron chi connectivity index (χ0n) is 36.5. The van der Waals surface area contributed by atoms with Gasteiger partial charge in [-0.15, -0.1) is 0 Å². The van der Waals surface area contributed by atoms with E-state index in [9.17, 15) is 24.0 Å². The van der Waals surface area contributed by atoms with Crippen molar-refractivity contribution in [2.24, 2.45) is 16.9 Å². The number of hydrogen-bond donors (Lipinski definition) is 5. The highest BCUT2D eigenvalue weighted by molar-refractivity contribution is 6.02. The molecule has 3 fully saturated rings. The van der Waals surface area contributed by atoms with Crippen molar-refractivity contribution < 1.29 is 38.2 Å². The molecule has 0 radical (unpaired) electrons. The first kappa shape index (κ1) is 47.2. The number of ether oxygens (including phenoxy) is 3. The highest BCUT2D eigenvalue weighted by Gasteiger charge is 2.49. The molecule has 5 rings (SSSR count). The van der Waals surface area contributed by atoms with Crippen LogP contribution in [-0.4, -0.2) is 141 Å². The third kappa shape index (κ3) is 15.5.